The van der Waals surface area contributed by atoms with Gasteiger partial charge in [0, 0.05) is 23.9 Å². The molecule has 0 unspecified atom stereocenters. The maximum atomic E-state index is 12.8. The number of aromatic nitrogens is 1. The highest BCUT2D eigenvalue weighted by atomic mass is 16.4. The molecule has 0 saturated heterocycles. The number of para-hydroxylation sites is 1. The third kappa shape index (κ3) is 4.70. The molecule has 1 atom stereocenters. The van der Waals surface area contributed by atoms with Crippen LogP contribution in [0.25, 0.3) is 10.9 Å². The summed E-state index contributed by atoms with van der Waals surface area (Å²) >= 11 is 0. The lowest BCUT2D eigenvalue weighted by molar-refractivity contribution is -0.137. The summed E-state index contributed by atoms with van der Waals surface area (Å²) in [5.41, 5.74) is 1.97. The highest BCUT2D eigenvalue weighted by Crippen LogP contribution is 2.23. The van der Waals surface area contributed by atoms with E-state index in [9.17, 15) is 9.59 Å². The van der Waals surface area contributed by atoms with Gasteiger partial charge in [-0.15, -0.1) is 0 Å². The van der Waals surface area contributed by atoms with Gasteiger partial charge in [-0.1, -0.05) is 51.3 Å². The fourth-order valence-electron chi connectivity index (χ4n) is 3.18. The highest BCUT2D eigenvalue weighted by molar-refractivity contribution is 5.94. The third-order valence-corrected chi connectivity index (χ3v) is 4.37. The molecular weight excluding hydrogens is 302 g/mol. The molecule has 1 aromatic heterocycles. The predicted molar refractivity (Wildman–Crippen MR) is 96.4 cm³/mol. The molecule has 4 nitrogen and oxygen atoms in total. The summed E-state index contributed by atoms with van der Waals surface area (Å²) in [6.07, 6.45) is 5.81. The van der Waals surface area contributed by atoms with Gasteiger partial charge in [0.15, 0.2) is 0 Å². The van der Waals surface area contributed by atoms with E-state index < -0.39 is 5.97 Å². The molecular formula is C20H27NO3. The summed E-state index contributed by atoms with van der Waals surface area (Å²) in [6.45, 7) is 4.00. The van der Waals surface area contributed by atoms with E-state index in [2.05, 4.69) is 13.0 Å². The molecule has 0 spiro atoms. The fraction of sp³-hybridized carbons (Fsp3) is 0.500. The summed E-state index contributed by atoms with van der Waals surface area (Å²) in [7, 11) is 0. The molecule has 0 bridgehead atoms. The Morgan fingerprint density at radius 3 is 2.58 bits per heavy atom. The molecule has 0 saturated carbocycles. The number of hydrogen-bond acceptors (Lipinski definition) is 2. The molecule has 1 N–H and O–H groups in total. The fourth-order valence-corrected chi connectivity index (χ4v) is 3.18. The number of fused-ring (bicyclic) bond motifs is 1. The first-order chi connectivity index (χ1) is 11.5. The number of carboxylic acid groups (broad SMARTS) is 1. The van der Waals surface area contributed by atoms with Crippen LogP contribution in [-0.2, 0) is 11.2 Å². The Kier molecular flexibility index (Phi) is 6.59. The minimum absolute atomic E-state index is 0.00422. The first-order valence-corrected chi connectivity index (χ1v) is 8.87. The summed E-state index contributed by atoms with van der Waals surface area (Å²) in [5, 5.41) is 9.97. The van der Waals surface area contributed by atoms with Crippen LogP contribution in [0, 0.1) is 5.92 Å². The standard InChI is InChI=1S/C20H27NO3/c1-3-4-5-6-10-17-14-16-9-7-8-11-18(16)21(17)19(22)12-15(2)13-20(23)24/h7-9,11,14-15H,3-6,10,12-13H2,1-2H3,(H,23,24)/t15-/m1/s1. The minimum atomic E-state index is -0.854. The van der Waals surface area contributed by atoms with Crippen LogP contribution in [0.3, 0.4) is 0 Å². The molecule has 0 aliphatic rings. The van der Waals surface area contributed by atoms with Crippen molar-refractivity contribution in [2.75, 3.05) is 0 Å². The van der Waals surface area contributed by atoms with Gasteiger partial charge in [-0.05, 0) is 30.9 Å². The van der Waals surface area contributed by atoms with Crippen LogP contribution in [0.5, 0.6) is 0 Å². The van der Waals surface area contributed by atoms with Crippen molar-refractivity contribution in [3.05, 3.63) is 36.0 Å². The molecule has 4 heteroatoms. The van der Waals surface area contributed by atoms with Gasteiger partial charge >= 0.3 is 5.97 Å². The zero-order valence-corrected chi connectivity index (χ0v) is 14.6. The van der Waals surface area contributed by atoms with Gasteiger partial charge in [0.1, 0.15) is 0 Å². The average molecular weight is 329 g/mol. The number of benzene rings is 1. The molecule has 0 fully saturated rings. The van der Waals surface area contributed by atoms with Gasteiger partial charge in [0.2, 0.25) is 5.91 Å². The lowest BCUT2D eigenvalue weighted by Gasteiger charge is -2.12. The van der Waals surface area contributed by atoms with Crippen molar-refractivity contribution in [2.45, 2.75) is 58.8 Å². The average Bonchev–Trinajstić information content (AvgIpc) is 2.89. The van der Waals surface area contributed by atoms with Crippen LogP contribution >= 0.6 is 0 Å². The number of nitrogens with zero attached hydrogens (tertiary/aromatic N) is 1. The van der Waals surface area contributed by atoms with Crippen LogP contribution in [0.2, 0.25) is 0 Å². The largest absolute Gasteiger partial charge is 0.481 e. The summed E-state index contributed by atoms with van der Waals surface area (Å²) in [6, 6.07) is 10.00. The lowest BCUT2D eigenvalue weighted by Crippen LogP contribution is -2.18. The predicted octanol–water partition coefficient (Wildman–Crippen LogP) is 4.91. The Labute approximate surface area is 143 Å². The zero-order chi connectivity index (χ0) is 17.5. The maximum Gasteiger partial charge on any atom is 0.303 e. The van der Waals surface area contributed by atoms with Crippen molar-refractivity contribution >= 4 is 22.8 Å². The van der Waals surface area contributed by atoms with Crippen LogP contribution < -0.4 is 0 Å². The quantitative estimate of drug-likeness (QED) is 0.665. The molecule has 0 radical (unpaired) electrons. The van der Waals surface area contributed by atoms with Gasteiger partial charge in [-0.25, -0.2) is 0 Å². The van der Waals surface area contributed by atoms with Crippen molar-refractivity contribution in [3.63, 3.8) is 0 Å². The Hall–Kier alpha value is -2.10. The first kappa shape index (κ1) is 18.2. The smallest absolute Gasteiger partial charge is 0.303 e. The Balaban J connectivity index is 2.21. The van der Waals surface area contributed by atoms with Crippen molar-refractivity contribution in [1.82, 2.24) is 4.57 Å². The third-order valence-electron chi connectivity index (χ3n) is 4.37. The molecule has 24 heavy (non-hydrogen) atoms. The lowest BCUT2D eigenvalue weighted by atomic mass is 10.0. The second-order valence-corrected chi connectivity index (χ2v) is 6.64. The number of unbranched alkanes of at least 4 members (excludes halogenated alkanes) is 3. The van der Waals surface area contributed by atoms with Gasteiger partial charge in [0.05, 0.1) is 5.52 Å². The minimum Gasteiger partial charge on any atom is -0.481 e. The topological polar surface area (TPSA) is 59.3 Å². The monoisotopic (exact) mass is 329 g/mol. The van der Waals surface area contributed by atoms with Crippen molar-refractivity contribution in [3.8, 4) is 0 Å². The van der Waals surface area contributed by atoms with Crippen molar-refractivity contribution < 1.29 is 14.7 Å². The van der Waals surface area contributed by atoms with Crippen molar-refractivity contribution in [2.24, 2.45) is 5.92 Å². The number of carboxylic acids is 1. The van der Waals surface area contributed by atoms with E-state index in [0.717, 1.165) is 29.4 Å². The SMILES string of the molecule is CCCCCCc1cc2ccccc2n1C(=O)C[C@@H](C)CC(=O)O. The number of carbonyl (C=O) groups excluding carboxylic acids is 1. The van der Waals surface area contributed by atoms with E-state index in [0.29, 0.717) is 0 Å². The molecule has 1 heterocycles. The van der Waals surface area contributed by atoms with E-state index in [4.69, 9.17) is 5.11 Å². The number of hydrogen-bond donors (Lipinski definition) is 1. The van der Waals surface area contributed by atoms with Crippen LogP contribution in [0.4, 0.5) is 0 Å². The van der Waals surface area contributed by atoms with Gasteiger partial charge in [0.25, 0.3) is 0 Å². The first-order valence-electron chi connectivity index (χ1n) is 8.87. The summed E-state index contributed by atoms with van der Waals surface area (Å²) < 4.78 is 1.81. The Morgan fingerprint density at radius 1 is 1.12 bits per heavy atom. The van der Waals surface area contributed by atoms with E-state index in [1.165, 1.54) is 19.3 Å². The summed E-state index contributed by atoms with van der Waals surface area (Å²) in [5.74, 6) is -1.02. The normalized spacial score (nSPS) is 12.4. The van der Waals surface area contributed by atoms with Crippen LogP contribution in [0.15, 0.2) is 30.3 Å². The van der Waals surface area contributed by atoms with Crippen molar-refractivity contribution in [1.29, 1.82) is 0 Å². The van der Waals surface area contributed by atoms with Crippen LogP contribution in [0.1, 0.15) is 62.9 Å². The second kappa shape index (κ2) is 8.67. The van der Waals surface area contributed by atoms with E-state index >= 15 is 0 Å². The molecule has 0 amide bonds. The summed E-state index contributed by atoms with van der Waals surface area (Å²) in [4.78, 5) is 23.6. The molecule has 130 valence electrons. The van der Waals surface area contributed by atoms with E-state index in [-0.39, 0.29) is 24.7 Å². The molecule has 0 aliphatic heterocycles. The van der Waals surface area contributed by atoms with E-state index in [1.54, 1.807) is 4.57 Å². The number of carbonyl (C=O) groups is 2. The Bertz CT molecular complexity index is 702. The van der Waals surface area contributed by atoms with Gasteiger partial charge < -0.3 is 5.11 Å². The molecule has 0 aliphatic carbocycles. The number of rotatable bonds is 9. The van der Waals surface area contributed by atoms with Gasteiger partial charge in [-0.3, -0.25) is 14.2 Å². The Morgan fingerprint density at radius 2 is 1.88 bits per heavy atom. The highest BCUT2D eigenvalue weighted by Gasteiger charge is 2.18. The molecule has 1 aromatic carbocycles. The number of aliphatic carboxylic acids is 1. The zero-order valence-electron chi connectivity index (χ0n) is 14.6. The van der Waals surface area contributed by atoms with Gasteiger partial charge in [-0.2, -0.15) is 0 Å². The van der Waals surface area contributed by atoms with E-state index in [1.807, 2.05) is 31.2 Å². The molecule has 2 rings (SSSR count). The second-order valence-electron chi connectivity index (χ2n) is 6.64. The number of aryl methyl sites for hydroxylation is 1. The van der Waals surface area contributed by atoms with Crippen LogP contribution in [-0.4, -0.2) is 21.6 Å². The molecule has 2 aromatic rings. The maximum absolute atomic E-state index is 12.8.